The van der Waals surface area contributed by atoms with Gasteiger partial charge >= 0.3 is 5.97 Å². The quantitative estimate of drug-likeness (QED) is 0.524. The normalized spacial score (nSPS) is 49.1. The molecular weight excluding hydrogens is 416 g/mol. The van der Waals surface area contributed by atoms with E-state index >= 15 is 0 Å². The molecule has 4 rings (SSSR count). The molecule has 0 aromatic carbocycles. The Kier molecular flexibility index (Phi) is 5.51. The monoisotopic (exact) mass is 452 g/mol. The molecule has 3 nitrogen and oxygen atoms in total. The highest BCUT2D eigenvalue weighted by atomic mass is 79.9. The number of rotatable bonds is 4. The fourth-order valence-electron chi connectivity index (χ4n) is 8.55. The molecule has 0 amide bonds. The molecule has 4 heteroatoms. The van der Waals surface area contributed by atoms with Gasteiger partial charge in [0, 0.05) is 11.8 Å². The Balaban J connectivity index is 1.63. The third-order valence-electron chi connectivity index (χ3n) is 9.97. The fourth-order valence-corrected chi connectivity index (χ4v) is 10.0. The van der Waals surface area contributed by atoms with E-state index in [1.807, 2.05) is 0 Å². The topological polar surface area (TPSA) is 54.4 Å². The highest BCUT2D eigenvalue weighted by Crippen LogP contribution is 2.68. The molecule has 4 aliphatic rings. The van der Waals surface area contributed by atoms with Crippen LogP contribution in [0.4, 0.5) is 0 Å². The summed E-state index contributed by atoms with van der Waals surface area (Å²) < 4.78 is 0. The van der Waals surface area contributed by atoms with Gasteiger partial charge in [-0.1, -0.05) is 49.5 Å². The number of halogens is 1. The summed E-state index contributed by atoms with van der Waals surface area (Å²) in [5.41, 5.74) is 0.0461. The molecule has 28 heavy (non-hydrogen) atoms. The number of hydrogen-bond donors (Lipinski definition) is 1. The van der Waals surface area contributed by atoms with Gasteiger partial charge < -0.3 is 5.11 Å². The first kappa shape index (κ1) is 20.9. The molecule has 0 aromatic heterocycles. The van der Waals surface area contributed by atoms with Crippen LogP contribution in [0, 0.1) is 46.3 Å². The molecule has 4 aliphatic carbocycles. The van der Waals surface area contributed by atoms with Gasteiger partial charge in [-0.3, -0.25) is 9.59 Å². The zero-order valence-electron chi connectivity index (χ0n) is 17.8. The molecule has 0 radical (unpaired) electrons. The average molecular weight is 453 g/mol. The lowest BCUT2D eigenvalue weighted by Crippen LogP contribution is -2.61. The largest absolute Gasteiger partial charge is 0.481 e. The zero-order valence-corrected chi connectivity index (χ0v) is 19.3. The van der Waals surface area contributed by atoms with E-state index < -0.39 is 5.97 Å². The number of carboxylic acid groups (broad SMARTS) is 1. The second-order valence-corrected chi connectivity index (χ2v) is 12.0. The van der Waals surface area contributed by atoms with E-state index in [1.165, 1.54) is 38.5 Å². The van der Waals surface area contributed by atoms with E-state index in [2.05, 4.69) is 36.7 Å². The predicted octanol–water partition coefficient (Wildman–Crippen LogP) is 6.09. The van der Waals surface area contributed by atoms with Crippen molar-refractivity contribution in [3.63, 3.8) is 0 Å². The third-order valence-corrected chi connectivity index (χ3v) is 11.0. The molecule has 0 heterocycles. The van der Waals surface area contributed by atoms with Gasteiger partial charge in [0.2, 0.25) is 0 Å². The lowest BCUT2D eigenvalue weighted by atomic mass is 9.44. The number of carbonyl (C=O) groups is 2. The molecule has 1 N–H and O–H groups in total. The standard InChI is InChI=1S/C24H37BrO3/c1-14(7-12-19(26)27)17-10-11-18-16-9-8-15-6-4-5-13-23(15,2)20(16)21(25)22(28)24(17,18)3/h14-18,20-21H,4-13H2,1-3H3,(H,26,27)/t14-,15-,16-,17+,18-,20+,21-,23-,24+/m0/s1. The Morgan fingerprint density at radius 1 is 1.18 bits per heavy atom. The molecule has 4 fully saturated rings. The van der Waals surface area contributed by atoms with Gasteiger partial charge in [-0.05, 0) is 85.9 Å². The van der Waals surface area contributed by atoms with Crippen LogP contribution in [0.3, 0.4) is 0 Å². The van der Waals surface area contributed by atoms with Crippen LogP contribution in [-0.4, -0.2) is 21.7 Å². The van der Waals surface area contributed by atoms with E-state index in [-0.39, 0.29) is 16.7 Å². The van der Waals surface area contributed by atoms with Crippen molar-refractivity contribution in [1.29, 1.82) is 0 Å². The number of carboxylic acids is 1. The van der Waals surface area contributed by atoms with Crippen molar-refractivity contribution in [2.75, 3.05) is 0 Å². The van der Waals surface area contributed by atoms with Crippen molar-refractivity contribution in [1.82, 2.24) is 0 Å². The molecule has 0 saturated heterocycles. The van der Waals surface area contributed by atoms with E-state index in [0.29, 0.717) is 47.2 Å². The number of aliphatic carboxylic acids is 1. The van der Waals surface area contributed by atoms with E-state index in [9.17, 15) is 9.59 Å². The van der Waals surface area contributed by atoms with Crippen LogP contribution in [0.2, 0.25) is 0 Å². The van der Waals surface area contributed by atoms with Gasteiger partial charge in [-0.15, -0.1) is 0 Å². The van der Waals surface area contributed by atoms with Crippen molar-refractivity contribution in [2.45, 2.75) is 89.8 Å². The Bertz CT molecular complexity index is 648. The summed E-state index contributed by atoms with van der Waals surface area (Å²) in [5.74, 6) is 2.80. The minimum absolute atomic E-state index is 0.0167. The summed E-state index contributed by atoms with van der Waals surface area (Å²) in [7, 11) is 0. The predicted molar refractivity (Wildman–Crippen MR) is 114 cm³/mol. The summed E-state index contributed by atoms with van der Waals surface area (Å²) in [6.45, 7) is 6.93. The van der Waals surface area contributed by atoms with E-state index in [0.717, 1.165) is 18.8 Å². The number of hydrogen-bond acceptors (Lipinski definition) is 2. The minimum Gasteiger partial charge on any atom is -0.481 e. The number of Topliss-reactive ketones (excluding diaryl/α,β-unsaturated/α-hetero) is 1. The highest BCUT2D eigenvalue weighted by molar-refractivity contribution is 9.10. The molecule has 0 bridgehead atoms. The first-order valence-electron chi connectivity index (χ1n) is 11.6. The molecule has 0 unspecified atom stereocenters. The molecular formula is C24H37BrO3. The zero-order chi connectivity index (χ0) is 20.3. The van der Waals surface area contributed by atoms with Crippen molar-refractivity contribution in [3.05, 3.63) is 0 Å². The summed E-state index contributed by atoms with van der Waals surface area (Å²) in [6.07, 6.45) is 11.1. The minimum atomic E-state index is -0.719. The smallest absolute Gasteiger partial charge is 0.303 e. The van der Waals surface area contributed by atoms with Crippen LogP contribution in [0.1, 0.15) is 85.0 Å². The Labute approximate surface area is 178 Å². The maximum absolute atomic E-state index is 13.9. The third kappa shape index (κ3) is 2.94. The number of carbonyl (C=O) groups excluding carboxylic acids is 1. The highest BCUT2D eigenvalue weighted by Gasteiger charge is 2.66. The molecule has 158 valence electrons. The van der Waals surface area contributed by atoms with Crippen molar-refractivity contribution in [2.24, 2.45) is 46.3 Å². The number of alkyl halides is 1. The van der Waals surface area contributed by atoms with Gasteiger partial charge in [0.15, 0.2) is 5.78 Å². The van der Waals surface area contributed by atoms with Crippen LogP contribution in [-0.2, 0) is 9.59 Å². The molecule has 9 atom stereocenters. The van der Waals surface area contributed by atoms with Crippen LogP contribution < -0.4 is 0 Å². The van der Waals surface area contributed by atoms with Gasteiger partial charge in [-0.25, -0.2) is 0 Å². The summed E-state index contributed by atoms with van der Waals surface area (Å²) in [4.78, 5) is 25.0. The van der Waals surface area contributed by atoms with Gasteiger partial charge in [0.05, 0.1) is 4.83 Å². The van der Waals surface area contributed by atoms with E-state index in [4.69, 9.17) is 5.11 Å². The molecule has 0 spiro atoms. The maximum atomic E-state index is 13.9. The second-order valence-electron chi connectivity index (χ2n) is 11.0. The van der Waals surface area contributed by atoms with Crippen LogP contribution >= 0.6 is 15.9 Å². The summed E-state index contributed by atoms with van der Waals surface area (Å²) in [5, 5.41) is 9.11. The maximum Gasteiger partial charge on any atom is 0.303 e. The van der Waals surface area contributed by atoms with Crippen LogP contribution in [0.5, 0.6) is 0 Å². The van der Waals surface area contributed by atoms with Gasteiger partial charge in [-0.2, -0.15) is 0 Å². The van der Waals surface area contributed by atoms with Gasteiger partial charge in [0.1, 0.15) is 0 Å². The second kappa shape index (κ2) is 7.39. The van der Waals surface area contributed by atoms with Crippen LogP contribution in [0.15, 0.2) is 0 Å². The summed E-state index contributed by atoms with van der Waals surface area (Å²) >= 11 is 3.96. The lowest BCUT2D eigenvalue weighted by Gasteiger charge is -2.61. The first-order chi connectivity index (χ1) is 13.2. The lowest BCUT2D eigenvalue weighted by molar-refractivity contribution is -0.155. The Morgan fingerprint density at radius 3 is 2.64 bits per heavy atom. The van der Waals surface area contributed by atoms with Crippen LogP contribution in [0.25, 0.3) is 0 Å². The average Bonchev–Trinajstić information content (AvgIpc) is 3.01. The van der Waals surface area contributed by atoms with Crippen molar-refractivity contribution < 1.29 is 14.7 Å². The van der Waals surface area contributed by atoms with Crippen molar-refractivity contribution >= 4 is 27.7 Å². The molecule has 0 aliphatic heterocycles. The number of ketones is 1. The molecule has 0 aromatic rings. The fraction of sp³-hybridized carbons (Fsp3) is 0.917. The SMILES string of the molecule is C[C@@H](CCC(=O)O)[C@H]1CC[C@H]2[C@@H]3CC[C@@H]4CCCC[C@]4(C)[C@H]3[C@H](Br)C(=O)[C@]12C. The Morgan fingerprint density at radius 2 is 1.93 bits per heavy atom. The van der Waals surface area contributed by atoms with E-state index in [1.54, 1.807) is 0 Å². The van der Waals surface area contributed by atoms with Crippen molar-refractivity contribution in [3.8, 4) is 0 Å². The number of fused-ring (bicyclic) bond motifs is 5. The molecule has 4 saturated carbocycles. The first-order valence-corrected chi connectivity index (χ1v) is 12.5. The van der Waals surface area contributed by atoms with Gasteiger partial charge in [0.25, 0.3) is 0 Å². The summed E-state index contributed by atoms with van der Waals surface area (Å²) in [6, 6.07) is 0. The Hall–Kier alpha value is -0.380.